The fraction of sp³-hybridized carbons (Fsp3) is 0.391. The summed E-state index contributed by atoms with van der Waals surface area (Å²) in [5.74, 6) is 0.924. The van der Waals surface area contributed by atoms with Crippen molar-refractivity contribution in [2.45, 2.75) is 91.9 Å². The molecule has 1 unspecified atom stereocenters. The molecular weight excluding hydrogens is 833 g/mol. The molecule has 6 aromatic heterocycles. The zero-order chi connectivity index (χ0) is 40.2. The van der Waals surface area contributed by atoms with Gasteiger partial charge in [0.1, 0.15) is 10.0 Å². The lowest BCUT2D eigenvalue weighted by molar-refractivity contribution is -0.124. The van der Waals surface area contributed by atoms with Crippen molar-refractivity contribution in [3.8, 4) is 39.0 Å². The second-order valence-electron chi connectivity index (χ2n) is 15.7. The Morgan fingerprint density at radius 1 is 0.534 bits per heavy atom. The number of aromatic nitrogens is 2. The van der Waals surface area contributed by atoms with Crippen molar-refractivity contribution in [3.05, 3.63) is 92.8 Å². The van der Waals surface area contributed by atoms with Crippen molar-refractivity contribution in [2.24, 2.45) is 11.8 Å². The van der Waals surface area contributed by atoms with Crippen LogP contribution in [-0.4, -0.2) is 44.7 Å². The van der Waals surface area contributed by atoms with Gasteiger partial charge in [0.25, 0.3) is 11.8 Å². The Morgan fingerprint density at radius 3 is 1.53 bits per heavy atom. The maximum atomic E-state index is 15.0. The molecule has 0 N–H and O–H groups in total. The number of carbonyl (C=O) groups is 2. The van der Waals surface area contributed by atoms with E-state index in [4.69, 9.17) is 9.97 Å². The van der Waals surface area contributed by atoms with Gasteiger partial charge in [-0.15, -0.1) is 68.0 Å². The first kappa shape index (κ1) is 41.2. The smallest absolute Gasteiger partial charge is 0.261 e. The van der Waals surface area contributed by atoms with Crippen LogP contribution in [-0.2, 0) is 9.59 Å². The summed E-state index contributed by atoms with van der Waals surface area (Å²) in [6, 6.07) is 17.1. The molecule has 58 heavy (non-hydrogen) atoms. The van der Waals surface area contributed by atoms with Crippen LogP contribution in [0.2, 0.25) is 0 Å². The van der Waals surface area contributed by atoms with Crippen LogP contribution in [0, 0.1) is 11.8 Å². The molecule has 12 heteroatoms. The second kappa shape index (κ2) is 18.8. The Kier molecular flexibility index (Phi) is 13.4. The van der Waals surface area contributed by atoms with Crippen LogP contribution >= 0.6 is 68.0 Å². The number of hydrogen-bond acceptors (Lipinski definition) is 10. The van der Waals surface area contributed by atoms with Gasteiger partial charge in [-0.25, -0.2) is 9.97 Å². The molecule has 0 aromatic carbocycles. The van der Waals surface area contributed by atoms with Crippen molar-refractivity contribution in [1.29, 1.82) is 0 Å². The van der Waals surface area contributed by atoms with Crippen molar-refractivity contribution < 1.29 is 9.59 Å². The Balaban J connectivity index is 1.17. The molecule has 0 radical (unpaired) electrons. The third-order valence-electron chi connectivity index (χ3n) is 10.9. The SMILES string of the molecule is CCCCCCCCN1C(=O)C2=C(c3ncc(-c4ccc(-c5cccs5)s4)s3)N(CCC(C)CCCC(C)C)C(=O)C2=C1c1ncc(-c2ccc(-c3cccs3)s2)s1. The molecule has 0 fully saturated rings. The van der Waals surface area contributed by atoms with Gasteiger partial charge in [0.05, 0.1) is 32.3 Å². The van der Waals surface area contributed by atoms with E-state index in [1.807, 2.05) is 22.2 Å². The molecule has 2 aliphatic rings. The zero-order valence-corrected chi connectivity index (χ0v) is 38.5. The highest BCUT2D eigenvalue weighted by atomic mass is 32.1. The van der Waals surface area contributed by atoms with Crippen molar-refractivity contribution in [2.75, 3.05) is 13.1 Å². The predicted molar refractivity (Wildman–Crippen MR) is 251 cm³/mol. The quantitative estimate of drug-likeness (QED) is 0.0717. The molecule has 2 aliphatic heterocycles. The second-order valence-corrected chi connectivity index (χ2v) is 21.8. The first-order chi connectivity index (χ1) is 28.3. The number of carbonyl (C=O) groups excluding carboxylic acids is 2. The van der Waals surface area contributed by atoms with Gasteiger partial charge in [-0.1, -0.05) is 91.2 Å². The number of fused-ring (bicyclic) bond motifs is 1. The molecule has 8 heterocycles. The monoisotopic (exact) mass is 882 g/mol. The van der Waals surface area contributed by atoms with Gasteiger partial charge in [-0.3, -0.25) is 9.59 Å². The van der Waals surface area contributed by atoms with E-state index in [0.717, 1.165) is 61.6 Å². The summed E-state index contributed by atoms with van der Waals surface area (Å²) in [5, 5.41) is 5.66. The van der Waals surface area contributed by atoms with Gasteiger partial charge in [-0.05, 0) is 71.8 Å². The number of amides is 2. The van der Waals surface area contributed by atoms with Crippen molar-refractivity contribution in [3.63, 3.8) is 0 Å². The number of nitrogens with zero attached hydrogens (tertiary/aromatic N) is 4. The zero-order valence-electron chi connectivity index (χ0n) is 33.6. The molecule has 0 aliphatic carbocycles. The molecular formula is C46H50N4O2S6. The van der Waals surface area contributed by atoms with E-state index in [9.17, 15) is 4.79 Å². The molecule has 302 valence electrons. The van der Waals surface area contributed by atoms with Gasteiger partial charge < -0.3 is 9.80 Å². The molecule has 0 saturated carbocycles. The van der Waals surface area contributed by atoms with Gasteiger partial charge in [-0.2, -0.15) is 0 Å². The number of hydrogen-bond donors (Lipinski definition) is 0. The minimum absolute atomic E-state index is 0.102. The first-order valence-corrected chi connectivity index (χ1v) is 25.7. The fourth-order valence-electron chi connectivity index (χ4n) is 7.72. The number of thiophene rings is 4. The minimum Gasteiger partial charge on any atom is -0.305 e. The lowest BCUT2D eigenvalue weighted by Crippen LogP contribution is -2.31. The van der Waals surface area contributed by atoms with Crippen LogP contribution in [0.5, 0.6) is 0 Å². The van der Waals surface area contributed by atoms with Crippen LogP contribution in [0.1, 0.15) is 102 Å². The lowest BCUT2D eigenvalue weighted by Gasteiger charge is -2.24. The Bertz CT molecular complexity index is 2390. The summed E-state index contributed by atoms with van der Waals surface area (Å²) in [7, 11) is 0. The summed E-state index contributed by atoms with van der Waals surface area (Å²) in [5.41, 5.74) is 2.34. The molecule has 6 aromatic rings. The molecule has 1 atom stereocenters. The first-order valence-electron chi connectivity index (χ1n) is 20.6. The summed E-state index contributed by atoms with van der Waals surface area (Å²) in [4.78, 5) is 53.1. The van der Waals surface area contributed by atoms with E-state index < -0.39 is 0 Å². The highest BCUT2D eigenvalue weighted by molar-refractivity contribution is 7.27. The summed E-state index contributed by atoms with van der Waals surface area (Å²) < 4.78 is 0. The topological polar surface area (TPSA) is 66.4 Å². The predicted octanol–water partition coefficient (Wildman–Crippen LogP) is 14.5. The maximum absolute atomic E-state index is 15.0. The Hall–Kier alpha value is -3.52. The van der Waals surface area contributed by atoms with Crippen molar-refractivity contribution >= 4 is 91.2 Å². The third-order valence-corrected chi connectivity index (χ3v) is 17.6. The van der Waals surface area contributed by atoms with E-state index in [0.29, 0.717) is 47.5 Å². The average Bonchev–Trinajstić information content (AvgIpc) is 4.05. The molecule has 8 rings (SSSR count). The molecule has 0 spiro atoms. The van der Waals surface area contributed by atoms with Crippen LogP contribution in [0.25, 0.3) is 50.4 Å². The van der Waals surface area contributed by atoms with Gasteiger partial charge in [0.15, 0.2) is 0 Å². The summed E-state index contributed by atoms with van der Waals surface area (Å²) in [6.07, 6.45) is 14.9. The van der Waals surface area contributed by atoms with E-state index >= 15 is 4.79 Å². The number of unbranched alkanes of at least 4 members (excludes halogenated alkanes) is 5. The highest BCUT2D eigenvalue weighted by Crippen LogP contribution is 2.50. The van der Waals surface area contributed by atoms with E-state index in [1.54, 1.807) is 68.0 Å². The number of rotatable bonds is 20. The normalized spacial score (nSPS) is 15.0. The number of thiazole rings is 2. The van der Waals surface area contributed by atoms with Gasteiger partial charge >= 0.3 is 0 Å². The highest BCUT2D eigenvalue weighted by Gasteiger charge is 2.50. The molecule has 2 amide bonds. The van der Waals surface area contributed by atoms with Crippen LogP contribution < -0.4 is 0 Å². The van der Waals surface area contributed by atoms with Crippen LogP contribution in [0.15, 0.2) is 82.8 Å². The molecule has 6 nitrogen and oxygen atoms in total. The Labute approximate surface area is 366 Å². The van der Waals surface area contributed by atoms with Crippen molar-refractivity contribution in [1.82, 2.24) is 19.8 Å². The standard InChI is InChI=1S/C46H50N4O2S6/c1-5-6-7-8-9-10-23-49-41(43-47-27-37(57-43)35-20-18-33(55-35)31-16-12-25-53-31)39-40(45(49)51)42(50(46(39)52)24-22-30(4)15-11-14-29(2)3)44-48-28-38(58-44)36-21-19-34(56-36)32-17-13-26-54-32/h12-13,16-21,25-30H,5-11,14-15,22-24H2,1-4H3. The summed E-state index contributed by atoms with van der Waals surface area (Å²) in [6.45, 7) is 10.2. The van der Waals surface area contributed by atoms with E-state index in [2.05, 4.69) is 87.0 Å². The Morgan fingerprint density at radius 2 is 1.03 bits per heavy atom. The van der Waals surface area contributed by atoms with E-state index in [1.165, 1.54) is 51.6 Å². The van der Waals surface area contributed by atoms with Gasteiger partial charge in [0, 0.05) is 54.7 Å². The lowest BCUT2D eigenvalue weighted by atomic mass is 9.97. The maximum Gasteiger partial charge on any atom is 0.261 e. The van der Waals surface area contributed by atoms with Crippen LogP contribution in [0.3, 0.4) is 0 Å². The third kappa shape index (κ3) is 8.83. The summed E-state index contributed by atoms with van der Waals surface area (Å²) >= 11 is 10.1. The molecule has 0 saturated heterocycles. The average molecular weight is 883 g/mol. The fourth-order valence-corrected chi connectivity index (χ4v) is 13.5. The largest absolute Gasteiger partial charge is 0.305 e. The minimum atomic E-state index is -0.103. The molecule has 0 bridgehead atoms. The van der Waals surface area contributed by atoms with Crippen LogP contribution in [0.4, 0.5) is 0 Å². The van der Waals surface area contributed by atoms with E-state index in [-0.39, 0.29) is 11.8 Å². The van der Waals surface area contributed by atoms with Gasteiger partial charge in [0.2, 0.25) is 0 Å².